The summed E-state index contributed by atoms with van der Waals surface area (Å²) in [6.07, 6.45) is 2.70. The molecule has 7 heteroatoms. The maximum atomic E-state index is 11.4. The van der Waals surface area contributed by atoms with Gasteiger partial charge in [0.2, 0.25) is 0 Å². The van der Waals surface area contributed by atoms with Crippen molar-refractivity contribution in [3.8, 4) is 0 Å². The van der Waals surface area contributed by atoms with E-state index in [0.29, 0.717) is 25.6 Å². The molecule has 0 amide bonds. The molecule has 0 atom stereocenters. The van der Waals surface area contributed by atoms with Crippen LogP contribution in [0, 0.1) is 0 Å². The minimum Gasteiger partial charge on any atom is -0.409 e. The normalized spacial score (nSPS) is 17.6. The van der Waals surface area contributed by atoms with Gasteiger partial charge in [-0.2, -0.15) is 0 Å². The van der Waals surface area contributed by atoms with Crippen molar-refractivity contribution in [1.82, 2.24) is 4.90 Å². The summed E-state index contributed by atoms with van der Waals surface area (Å²) in [5.74, 6) is 0.566. The average Bonchev–Trinajstić information content (AvgIpc) is 3.12. The molecule has 3 N–H and O–H groups in total. The Bertz CT molecular complexity index is 363. The zero-order valence-corrected chi connectivity index (χ0v) is 11.0. The van der Waals surface area contributed by atoms with E-state index < -0.39 is 9.84 Å². The molecule has 0 radical (unpaired) electrons. The molecule has 0 aromatic rings. The van der Waals surface area contributed by atoms with Crippen LogP contribution in [0.4, 0.5) is 0 Å². The molecule has 6 nitrogen and oxygen atoms in total. The fraction of sp³-hybridized carbons (Fsp3) is 0.900. The summed E-state index contributed by atoms with van der Waals surface area (Å²) in [6.45, 7) is 2.85. The summed E-state index contributed by atoms with van der Waals surface area (Å²) >= 11 is 0. The molecule has 0 aliphatic heterocycles. The van der Waals surface area contributed by atoms with Gasteiger partial charge in [-0.1, -0.05) is 12.1 Å². The van der Waals surface area contributed by atoms with E-state index in [2.05, 4.69) is 10.1 Å². The number of amidine groups is 1. The Morgan fingerprint density at radius 1 is 1.47 bits per heavy atom. The van der Waals surface area contributed by atoms with Gasteiger partial charge in [-0.3, -0.25) is 4.90 Å². The van der Waals surface area contributed by atoms with Gasteiger partial charge >= 0.3 is 0 Å². The maximum absolute atomic E-state index is 11.4. The van der Waals surface area contributed by atoms with Gasteiger partial charge in [-0.05, 0) is 12.8 Å². The van der Waals surface area contributed by atoms with Crippen LogP contribution in [0.3, 0.4) is 0 Å². The second-order valence-electron chi connectivity index (χ2n) is 4.34. The van der Waals surface area contributed by atoms with Crippen LogP contribution >= 0.6 is 0 Å². The number of oxime groups is 1. The zero-order valence-electron chi connectivity index (χ0n) is 10.2. The van der Waals surface area contributed by atoms with Gasteiger partial charge in [-0.25, -0.2) is 8.42 Å². The van der Waals surface area contributed by atoms with Gasteiger partial charge in [-0.15, -0.1) is 0 Å². The minimum atomic E-state index is -2.92. The number of sulfone groups is 1. The summed E-state index contributed by atoms with van der Waals surface area (Å²) in [6, 6.07) is 0.480. The van der Waals surface area contributed by atoms with Crippen molar-refractivity contribution in [3.05, 3.63) is 0 Å². The topological polar surface area (TPSA) is 96.0 Å². The molecule has 0 saturated heterocycles. The first-order chi connectivity index (χ1) is 7.98. The second-order valence-corrected chi connectivity index (χ2v) is 6.82. The Morgan fingerprint density at radius 3 is 2.59 bits per heavy atom. The molecule has 0 aromatic heterocycles. The van der Waals surface area contributed by atoms with E-state index >= 15 is 0 Å². The van der Waals surface area contributed by atoms with Crippen molar-refractivity contribution in [3.63, 3.8) is 0 Å². The lowest BCUT2D eigenvalue weighted by Gasteiger charge is -2.21. The Morgan fingerprint density at radius 2 is 2.12 bits per heavy atom. The lowest BCUT2D eigenvalue weighted by atomic mass is 10.3. The van der Waals surface area contributed by atoms with Gasteiger partial charge < -0.3 is 10.9 Å². The average molecular weight is 263 g/mol. The van der Waals surface area contributed by atoms with Crippen molar-refractivity contribution in [2.24, 2.45) is 10.9 Å². The molecule has 1 saturated carbocycles. The number of nitrogens with zero attached hydrogens (tertiary/aromatic N) is 2. The van der Waals surface area contributed by atoms with Crippen molar-refractivity contribution < 1.29 is 13.6 Å². The molecule has 0 spiro atoms. The van der Waals surface area contributed by atoms with E-state index in [-0.39, 0.29) is 17.3 Å². The number of rotatable bonds is 8. The smallest absolute Gasteiger partial charge is 0.151 e. The highest BCUT2D eigenvalue weighted by Crippen LogP contribution is 2.26. The van der Waals surface area contributed by atoms with Gasteiger partial charge in [0.25, 0.3) is 0 Å². The third-order valence-corrected chi connectivity index (χ3v) is 4.66. The largest absolute Gasteiger partial charge is 0.409 e. The zero-order chi connectivity index (χ0) is 12.9. The Labute approximate surface area is 102 Å². The lowest BCUT2D eigenvalue weighted by Crippen LogP contribution is -2.34. The first kappa shape index (κ1) is 14.2. The predicted octanol–water partition coefficient (Wildman–Crippen LogP) is 0.0220. The lowest BCUT2D eigenvalue weighted by molar-refractivity contribution is 0.282. The molecule has 100 valence electrons. The fourth-order valence-electron chi connectivity index (χ4n) is 1.63. The van der Waals surface area contributed by atoms with Gasteiger partial charge in [0.1, 0.15) is 5.84 Å². The molecule has 1 fully saturated rings. The molecule has 0 aromatic carbocycles. The van der Waals surface area contributed by atoms with E-state index in [0.717, 1.165) is 12.8 Å². The van der Waals surface area contributed by atoms with Crippen LogP contribution in [0.2, 0.25) is 0 Å². The molecular formula is C10H21N3O3S. The van der Waals surface area contributed by atoms with Crippen molar-refractivity contribution in [2.45, 2.75) is 32.2 Å². The number of hydrogen-bond donors (Lipinski definition) is 2. The highest BCUT2D eigenvalue weighted by atomic mass is 32.2. The molecule has 1 aliphatic rings. The van der Waals surface area contributed by atoms with Crippen molar-refractivity contribution in [1.29, 1.82) is 0 Å². The third-order valence-electron chi connectivity index (χ3n) is 2.98. The molecule has 1 rings (SSSR count). The van der Waals surface area contributed by atoms with Crippen LogP contribution in [-0.2, 0) is 9.84 Å². The second kappa shape index (κ2) is 6.20. The fourth-order valence-corrected chi connectivity index (χ4v) is 2.43. The van der Waals surface area contributed by atoms with Crippen molar-refractivity contribution >= 4 is 15.7 Å². The van der Waals surface area contributed by atoms with Gasteiger partial charge in [0.15, 0.2) is 9.84 Å². The molecular weight excluding hydrogens is 242 g/mol. The summed E-state index contributed by atoms with van der Waals surface area (Å²) in [4.78, 5) is 2.12. The molecule has 0 heterocycles. The monoisotopic (exact) mass is 263 g/mol. The van der Waals surface area contributed by atoms with E-state index in [1.54, 1.807) is 6.92 Å². The first-order valence-corrected chi connectivity index (χ1v) is 7.71. The third kappa shape index (κ3) is 5.36. The predicted molar refractivity (Wildman–Crippen MR) is 66.9 cm³/mol. The Balaban J connectivity index is 2.39. The highest BCUT2D eigenvalue weighted by molar-refractivity contribution is 7.91. The Kier molecular flexibility index (Phi) is 5.20. The van der Waals surface area contributed by atoms with E-state index in [1.807, 2.05) is 0 Å². The van der Waals surface area contributed by atoms with Gasteiger partial charge in [0.05, 0.1) is 5.75 Å². The van der Waals surface area contributed by atoms with E-state index in [9.17, 15) is 8.42 Å². The van der Waals surface area contributed by atoms with Crippen molar-refractivity contribution in [2.75, 3.05) is 24.6 Å². The van der Waals surface area contributed by atoms with Gasteiger partial charge in [0, 0.05) is 31.3 Å². The SMILES string of the molecule is CCS(=O)(=O)CCN(CC/C(N)=N/O)C1CC1. The standard InChI is InChI=1S/C10H21N3O3S/c1-2-17(15,16)8-7-13(9-3-4-9)6-5-10(11)12-14/h9,14H,2-8H2,1H3,(H2,11,12). The summed E-state index contributed by atoms with van der Waals surface area (Å²) in [5.41, 5.74) is 5.41. The van der Waals surface area contributed by atoms with Crippen LogP contribution in [0.5, 0.6) is 0 Å². The maximum Gasteiger partial charge on any atom is 0.151 e. The van der Waals surface area contributed by atoms with Crippen LogP contribution in [-0.4, -0.2) is 55.0 Å². The molecule has 1 aliphatic carbocycles. The first-order valence-electron chi connectivity index (χ1n) is 5.89. The quantitative estimate of drug-likeness (QED) is 0.278. The van der Waals surface area contributed by atoms with Crippen LogP contribution < -0.4 is 5.73 Å². The molecule has 0 bridgehead atoms. The molecule has 17 heavy (non-hydrogen) atoms. The summed E-state index contributed by atoms with van der Waals surface area (Å²) in [5, 5.41) is 11.4. The van der Waals surface area contributed by atoms with E-state index in [4.69, 9.17) is 10.9 Å². The molecule has 0 unspecified atom stereocenters. The van der Waals surface area contributed by atoms with E-state index in [1.165, 1.54) is 0 Å². The van der Waals surface area contributed by atoms with Crippen LogP contribution in [0.25, 0.3) is 0 Å². The number of nitrogens with two attached hydrogens (primary N) is 1. The van der Waals surface area contributed by atoms with Crippen LogP contribution in [0.1, 0.15) is 26.2 Å². The minimum absolute atomic E-state index is 0.186. The Hall–Kier alpha value is -0.820. The summed E-state index contributed by atoms with van der Waals surface area (Å²) < 4.78 is 22.9. The highest BCUT2D eigenvalue weighted by Gasteiger charge is 2.29. The summed E-state index contributed by atoms with van der Waals surface area (Å²) in [7, 11) is -2.92. The van der Waals surface area contributed by atoms with Crippen LogP contribution in [0.15, 0.2) is 5.16 Å². The number of hydrogen-bond acceptors (Lipinski definition) is 5.